The van der Waals surface area contributed by atoms with Crippen molar-refractivity contribution >= 4 is 11.6 Å². The number of amides is 1. The maximum Gasteiger partial charge on any atom is 0.269 e. The van der Waals surface area contributed by atoms with Crippen LogP contribution in [0.1, 0.15) is 50.5 Å². The fourth-order valence-corrected chi connectivity index (χ4v) is 4.24. The van der Waals surface area contributed by atoms with Gasteiger partial charge >= 0.3 is 0 Å². The maximum atomic E-state index is 11.6. The van der Waals surface area contributed by atoms with Gasteiger partial charge < -0.3 is 10.2 Å². The lowest BCUT2D eigenvalue weighted by atomic mass is 9.75. The van der Waals surface area contributed by atoms with Crippen LogP contribution in [0.3, 0.4) is 0 Å². The summed E-state index contributed by atoms with van der Waals surface area (Å²) in [6, 6.07) is 4.49. The first kappa shape index (κ1) is 18.2. The molecule has 0 radical (unpaired) electrons. The SMILES string of the molecule is CNC(=O)c1ccc(N2CCC(N3CCC(C(C)(C)C)CC3)C2)cn1. The molecule has 138 valence electrons. The summed E-state index contributed by atoms with van der Waals surface area (Å²) < 4.78 is 0. The van der Waals surface area contributed by atoms with Crippen LogP contribution >= 0.6 is 0 Å². The van der Waals surface area contributed by atoms with E-state index in [9.17, 15) is 4.79 Å². The van der Waals surface area contributed by atoms with Crippen molar-refractivity contribution in [3.63, 3.8) is 0 Å². The largest absolute Gasteiger partial charge is 0.369 e. The number of rotatable bonds is 3. The molecule has 3 rings (SSSR count). The molecule has 2 aliphatic heterocycles. The summed E-state index contributed by atoms with van der Waals surface area (Å²) >= 11 is 0. The molecule has 1 aromatic rings. The van der Waals surface area contributed by atoms with Crippen molar-refractivity contribution < 1.29 is 4.79 Å². The predicted molar refractivity (Wildman–Crippen MR) is 102 cm³/mol. The number of piperidine rings is 1. The van der Waals surface area contributed by atoms with Gasteiger partial charge in [0, 0.05) is 26.2 Å². The number of likely N-dealkylation sites (tertiary alicyclic amines) is 1. The summed E-state index contributed by atoms with van der Waals surface area (Å²) in [5.74, 6) is 0.718. The first-order chi connectivity index (χ1) is 11.9. The molecule has 0 aromatic carbocycles. The van der Waals surface area contributed by atoms with Gasteiger partial charge in [-0.05, 0) is 55.8 Å². The average Bonchev–Trinajstić information content (AvgIpc) is 3.10. The summed E-state index contributed by atoms with van der Waals surface area (Å²) in [4.78, 5) is 21.0. The maximum absolute atomic E-state index is 11.6. The van der Waals surface area contributed by atoms with Gasteiger partial charge in [-0.25, -0.2) is 4.98 Å². The third kappa shape index (κ3) is 4.14. The molecule has 25 heavy (non-hydrogen) atoms. The van der Waals surface area contributed by atoms with E-state index in [2.05, 4.69) is 40.9 Å². The van der Waals surface area contributed by atoms with Crippen LogP contribution in [0.4, 0.5) is 5.69 Å². The van der Waals surface area contributed by atoms with Crippen LogP contribution in [0, 0.1) is 11.3 Å². The summed E-state index contributed by atoms with van der Waals surface area (Å²) in [6.07, 6.45) is 5.70. The number of pyridine rings is 1. The monoisotopic (exact) mass is 344 g/mol. The van der Waals surface area contributed by atoms with E-state index in [1.807, 2.05) is 18.3 Å². The van der Waals surface area contributed by atoms with Crippen LogP contribution in [-0.4, -0.2) is 55.1 Å². The fourth-order valence-electron chi connectivity index (χ4n) is 4.24. The Morgan fingerprint density at radius 3 is 2.44 bits per heavy atom. The zero-order valence-corrected chi connectivity index (χ0v) is 16.1. The molecule has 1 amide bonds. The van der Waals surface area contributed by atoms with Gasteiger partial charge in [0.25, 0.3) is 5.91 Å². The molecule has 2 aliphatic rings. The molecule has 0 bridgehead atoms. The van der Waals surface area contributed by atoms with Crippen molar-refractivity contribution in [3.05, 3.63) is 24.0 Å². The minimum atomic E-state index is -0.132. The average molecular weight is 345 g/mol. The Bertz CT molecular complexity index is 585. The Morgan fingerprint density at radius 2 is 1.88 bits per heavy atom. The second-order valence-electron chi connectivity index (χ2n) is 8.55. The van der Waals surface area contributed by atoms with Gasteiger partial charge in [0.15, 0.2) is 0 Å². The highest BCUT2D eigenvalue weighted by Gasteiger charge is 2.34. The van der Waals surface area contributed by atoms with Crippen molar-refractivity contribution in [2.75, 3.05) is 38.1 Å². The quantitative estimate of drug-likeness (QED) is 0.916. The number of hydrogen-bond donors (Lipinski definition) is 1. The van der Waals surface area contributed by atoms with Crippen molar-refractivity contribution in [2.45, 2.75) is 46.1 Å². The predicted octanol–water partition coefficient (Wildman–Crippen LogP) is 2.78. The van der Waals surface area contributed by atoms with Crippen molar-refractivity contribution in [1.29, 1.82) is 0 Å². The molecular formula is C20H32N4O. The number of nitrogens with one attached hydrogen (secondary N) is 1. The summed E-state index contributed by atoms with van der Waals surface area (Å²) in [5, 5.41) is 2.61. The number of anilines is 1. The molecule has 1 unspecified atom stereocenters. The zero-order chi connectivity index (χ0) is 18.0. The molecule has 3 heterocycles. The van der Waals surface area contributed by atoms with E-state index in [1.165, 1.54) is 32.4 Å². The third-order valence-corrected chi connectivity index (χ3v) is 6.01. The van der Waals surface area contributed by atoms with E-state index in [4.69, 9.17) is 0 Å². The van der Waals surface area contributed by atoms with Gasteiger partial charge in [0.05, 0.1) is 11.9 Å². The number of carbonyl (C=O) groups excluding carboxylic acids is 1. The topological polar surface area (TPSA) is 48.5 Å². The molecule has 1 aromatic heterocycles. The molecule has 2 saturated heterocycles. The molecule has 5 heteroatoms. The zero-order valence-electron chi connectivity index (χ0n) is 16.1. The smallest absolute Gasteiger partial charge is 0.269 e. The first-order valence-corrected chi connectivity index (χ1v) is 9.55. The van der Waals surface area contributed by atoms with E-state index in [-0.39, 0.29) is 5.91 Å². The minimum absolute atomic E-state index is 0.132. The summed E-state index contributed by atoms with van der Waals surface area (Å²) in [5.41, 5.74) is 2.04. The fraction of sp³-hybridized carbons (Fsp3) is 0.700. The lowest BCUT2D eigenvalue weighted by Crippen LogP contribution is -2.44. The Labute approximate surface area is 151 Å². The van der Waals surface area contributed by atoms with Gasteiger partial charge in [-0.3, -0.25) is 9.69 Å². The number of nitrogens with zero attached hydrogens (tertiary/aromatic N) is 3. The Balaban J connectivity index is 1.55. The highest BCUT2D eigenvalue weighted by atomic mass is 16.1. The molecule has 1 N–H and O–H groups in total. The highest BCUT2D eigenvalue weighted by Crippen LogP contribution is 2.35. The van der Waals surface area contributed by atoms with Gasteiger partial charge in [-0.1, -0.05) is 20.8 Å². The standard InChI is InChI=1S/C20H32N4O/c1-20(2,3)15-7-10-23(11-8-15)17-9-12-24(14-17)16-5-6-18(22-13-16)19(25)21-4/h5-6,13,15,17H,7-12,14H2,1-4H3,(H,21,25). The van der Waals surface area contributed by atoms with Gasteiger partial charge in [0.1, 0.15) is 5.69 Å². The molecular weight excluding hydrogens is 312 g/mol. The van der Waals surface area contributed by atoms with E-state index in [0.29, 0.717) is 17.2 Å². The second kappa shape index (κ2) is 7.32. The Hall–Kier alpha value is -1.62. The van der Waals surface area contributed by atoms with Crippen LogP contribution in [0.15, 0.2) is 18.3 Å². The van der Waals surface area contributed by atoms with Crippen LogP contribution in [0.5, 0.6) is 0 Å². The number of aromatic nitrogens is 1. The van der Waals surface area contributed by atoms with Gasteiger partial charge in [-0.2, -0.15) is 0 Å². The van der Waals surface area contributed by atoms with Crippen LogP contribution < -0.4 is 10.2 Å². The molecule has 0 aliphatic carbocycles. The van der Waals surface area contributed by atoms with Crippen LogP contribution in [0.25, 0.3) is 0 Å². The molecule has 2 fully saturated rings. The highest BCUT2D eigenvalue weighted by molar-refractivity contribution is 5.92. The lowest BCUT2D eigenvalue weighted by molar-refractivity contribution is 0.0886. The van der Waals surface area contributed by atoms with E-state index < -0.39 is 0 Å². The number of hydrogen-bond acceptors (Lipinski definition) is 4. The van der Waals surface area contributed by atoms with Crippen molar-refractivity contribution in [2.24, 2.45) is 11.3 Å². The Morgan fingerprint density at radius 1 is 1.16 bits per heavy atom. The van der Waals surface area contributed by atoms with Crippen molar-refractivity contribution in [3.8, 4) is 0 Å². The summed E-state index contributed by atoms with van der Waals surface area (Å²) in [7, 11) is 1.63. The molecule has 0 saturated carbocycles. The second-order valence-corrected chi connectivity index (χ2v) is 8.55. The van der Waals surface area contributed by atoms with Crippen molar-refractivity contribution in [1.82, 2.24) is 15.2 Å². The van der Waals surface area contributed by atoms with E-state index in [0.717, 1.165) is 24.7 Å². The third-order valence-electron chi connectivity index (χ3n) is 6.01. The molecule has 0 spiro atoms. The first-order valence-electron chi connectivity index (χ1n) is 9.55. The van der Waals surface area contributed by atoms with Gasteiger partial charge in [-0.15, -0.1) is 0 Å². The lowest BCUT2D eigenvalue weighted by Gasteiger charge is -2.41. The van der Waals surface area contributed by atoms with Crippen LogP contribution in [-0.2, 0) is 0 Å². The minimum Gasteiger partial charge on any atom is -0.369 e. The molecule has 5 nitrogen and oxygen atoms in total. The Kier molecular flexibility index (Phi) is 5.32. The van der Waals surface area contributed by atoms with E-state index in [1.54, 1.807) is 7.05 Å². The number of carbonyl (C=O) groups is 1. The van der Waals surface area contributed by atoms with E-state index >= 15 is 0 Å². The molecule has 1 atom stereocenters. The van der Waals surface area contributed by atoms with Crippen LogP contribution in [0.2, 0.25) is 0 Å². The summed E-state index contributed by atoms with van der Waals surface area (Å²) in [6.45, 7) is 11.7. The van der Waals surface area contributed by atoms with Gasteiger partial charge in [0.2, 0.25) is 0 Å². The normalized spacial score (nSPS) is 23.0.